The van der Waals surface area contributed by atoms with E-state index in [1.807, 2.05) is 6.92 Å². The number of nitrogens with zero attached hydrogens (tertiary/aromatic N) is 2. The van der Waals surface area contributed by atoms with Gasteiger partial charge < -0.3 is 10.7 Å². The van der Waals surface area contributed by atoms with E-state index < -0.39 is 0 Å². The van der Waals surface area contributed by atoms with E-state index in [9.17, 15) is 0 Å². The zero-order valence-electron chi connectivity index (χ0n) is 6.05. The minimum atomic E-state index is 0.438. The van der Waals surface area contributed by atoms with E-state index >= 15 is 0 Å². The van der Waals surface area contributed by atoms with Gasteiger partial charge in [-0.15, -0.1) is 0 Å². The van der Waals surface area contributed by atoms with Gasteiger partial charge in [-0.2, -0.15) is 0 Å². The Kier molecular flexibility index (Phi) is 1.71. The van der Waals surface area contributed by atoms with Gasteiger partial charge in [-0.05, 0) is 6.92 Å². The molecule has 1 aromatic heterocycles. The molecule has 0 radical (unpaired) electrons. The quantitative estimate of drug-likeness (QED) is 0.425. The van der Waals surface area contributed by atoms with Gasteiger partial charge in [-0.25, -0.2) is 4.98 Å². The number of aliphatic imine (C=N–C) groups is 1. The number of nitrogens with two attached hydrogens (primary N) is 1. The van der Waals surface area contributed by atoms with Crippen molar-refractivity contribution in [1.82, 2.24) is 9.97 Å². The third-order valence-corrected chi connectivity index (χ3v) is 1.19. The number of imidazole rings is 1. The molecule has 0 atom stereocenters. The monoisotopic (exact) mass is 138 g/mol. The van der Waals surface area contributed by atoms with Gasteiger partial charge in [-0.1, -0.05) is 0 Å². The molecule has 0 saturated heterocycles. The highest BCUT2D eigenvalue weighted by Crippen LogP contribution is 1.92. The molecule has 3 N–H and O–H groups in total. The normalized spacial score (nSPS) is 12.0. The third-order valence-electron chi connectivity index (χ3n) is 1.19. The highest BCUT2D eigenvalue weighted by molar-refractivity contribution is 5.93. The van der Waals surface area contributed by atoms with Crippen molar-refractivity contribution in [3.63, 3.8) is 0 Å². The van der Waals surface area contributed by atoms with E-state index in [-0.39, 0.29) is 0 Å². The predicted molar refractivity (Wildman–Crippen MR) is 40.0 cm³/mol. The summed E-state index contributed by atoms with van der Waals surface area (Å²) >= 11 is 0. The van der Waals surface area contributed by atoms with Crippen LogP contribution in [-0.2, 0) is 0 Å². The fourth-order valence-electron chi connectivity index (χ4n) is 0.649. The van der Waals surface area contributed by atoms with Gasteiger partial charge in [0.2, 0.25) is 0 Å². The molecule has 0 saturated carbocycles. The molecule has 0 aliphatic heterocycles. The number of aryl methyl sites for hydroxylation is 1. The van der Waals surface area contributed by atoms with Crippen LogP contribution in [0.5, 0.6) is 0 Å². The molecule has 0 aliphatic rings. The first-order chi connectivity index (χ1) is 4.74. The van der Waals surface area contributed by atoms with Crippen molar-refractivity contribution >= 4 is 5.84 Å². The second kappa shape index (κ2) is 2.51. The summed E-state index contributed by atoms with van der Waals surface area (Å²) in [5, 5.41) is 0. The van der Waals surface area contributed by atoms with Gasteiger partial charge in [0, 0.05) is 18.9 Å². The number of rotatable bonds is 1. The molecule has 1 rings (SSSR count). The molecule has 54 valence electrons. The summed E-state index contributed by atoms with van der Waals surface area (Å²) in [6.45, 7) is 1.92. The van der Waals surface area contributed by atoms with Crippen LogP contribution in [0.15, 0.2) is 11.2 Å². The molecule has 10 heavy (non-hydrogen) atoms. The van der Waals surface area contributed by atoms with Crippen molar-refractivity contribution in [3.05, 3.63) is 17.7 Å². The Morgan fingerprint density at radius 3 is 2.90 bits per heavy atom. The zero-order valence-corrected chi connectivity index (χ0v) is 6.05. The van der Waals surface area contributed by atoms with E-state index in [1.165, 1.54) is 0 Å². The summed E-state index contributed by atoms with van der Waals surface area (Å²) in [5.74, 6) is 1.08. The fourth-order valence-corrected chi connectivity index (χ4v) is 0.649. The summed E-state index contributed by atoms with van der Waals surface area (Å²) in [6.07, 6.45) is 1.72. The first-order valence-electron chi connectivity index (χ1n) is 2.98. The van der Waals surface area contributed by atoms with Crippen molar-refractivity contribution in [1.29, 1.82) is 0 Å². The number of hydrogen-bond acceptors (Lipinski definition) is 2. The van der Waals surface area contributed by atoms with Gasteiger partial charge in [0.25, 0.3) is 0 Å². The van der Waals surface area contributed by atoms with Crippen molar-refractivity contribution < 1.29 is 0 Å². The molecule has 1 aromatic rings. The molecule has 0 spiro atoms. The first-order valence-corrected chi connectivity index (χ1v) is 2.98. The second-order valence-electron chi connectivity index (χ2n) is 2.02. The zero-order chi connectivity index (χ0) is 7.56. The highest BCUT2D eigenvalue weighted by atomic mass is 15.0. The largest absolute Gasteiger partial charge is 0.381 e. The standard InChI is InChI=1S/C6H10N4/c1-4-3-9-6(10-4)5(7)8-2/h3H,1-2H3,(H2,7,8)(H,9,10). The lowest BCUT2D eigenvalue weighted by molar-refractivity contribution is 1.19. The van der Waals surface area contributed by atoms with Crippen molar-refractivity contribution in [2.75, 3.05) is 7.05 Å². The van der Waals surface area contributed by atoms with Gasteiger partial charge in [0.1, 0.15) is 0 Å². The Balaban J connectivity index is 2.95. The minimum absolute atomic E-state index is 0.438. The molecule has 0 fully saturated rings. The average Bonchev–Trinajstić information content (AvgIpc) is 2.34. The van der Waals surface area contributed by atoms with Crippen LogP contribution < -0.4 is 5.73 Å². The fraction of sp³-hybridized carbons (Fsp3) is 0.333. The number of aromatic amines is 1. The molecule has 0 bridgehead atoms. The minimum Gasteiger partial charge on any atom is -0.381 e. The molecule has 4 nitrogen and oxygen atoms in total. The van der Waals surface area contributed by atoms with Gasteiger partial charge in [0.15, 0.2) is 11.7 Å². The Labute approximate surface area is 59.2 Å². The summed E-state index contributed by atoms with van der Waals surface area (Å²) in [5.41, 5.74) is 6.45. The van der Waals surface area contributed by atoms with Crippen LogP contribution in [0.25, 0.3) is 0 Å². The smallest absolute Gasteiger partial charge is 0.172 e. The Hall–Kier alpha value is -1.32. The summed E-state index contributed by atoms with van der Waals surface area (Å²) in [6, 6.07) is 0. The second-order valence-corrected chi connectivity index (χ2v) is 2.02. The van der Waals surface area contributed by atoms with Gasteiger partial charge in [-0.3, -0.25) is 4.99 Å². The molecule has 1 heterocycles. The summed E-state index contributed by atoms with van der Waals surface area (Å²) in [4.78, 5) is 10.7. The van der Waals surface area contributed by atoms with E-state index in [0.717, 1.165) is 5.69 Å². The number of aromatic nitrogens is 2. The van der Waals surface area contributed by atoms with E-state index in [4.69, 9.17) is 5.73 Å². The lowest BCUT2D eigenvalue weighted by Crippen LogP contribution is -2.14. The molecule has 0 unspecified atom stereocenters. The van der Waals surface area contributed by atoms with Crippen LogP contribution in [0.2, 0.25) is 0 Å². The van der Waals surface area contributed by atoms with Crippen LogP contribution >= 0.6 is 0 Å². The Morgan fingerprint density at radius 1 is 1.80 bits per heavy atom. The molecule has 0 aromatic carbocycles. The predicted octanol–water partition coefficient (Wildman–Crippen LogP) is 0.0532. The lowest BCUT2D eigenvalue weighted by atomic mass is 10.5. The van der Waals surface area contributed by atoms with E-state index in [1.54, 1.807) is 13.2 Å². The maximum Gasteiger partial charge on any atom is 0.172 e. The Morgan fingerprint density at radius 2 is 2.50 bits per heavy atom. The lowest BCUT2D eigenvalue weighted by Gasteiger charge is -1.90. The van der Waals surface area contributed by atoms with E-state index in [0.29, 0.717) is 11.7 Å². The summed E-state index contributed by atoms with van der Waals surface area (Å²) < 4.78 is 0. The van der Waals surface area contributed by atoms with E-state index in [2.05, 4.69) is 15.0 Å². The first kappa shape index (κ1) is 6.80. The maximum absolute atomic E-state index is 5.46. The van der Waals surface area contributed by atoms with Crippen molar-refractivity contribution in [2.45, 2.75) is 6.92 Å². The topological polar surface area (TPSA) is 67.1 Å². The van der Waals surface area contributed by atoms with Crippen LogP contribution in [0.3, 0.4) is 0 Å². The average molecular weight is 138 g/mol. The SMILES string of the molecule is CN=C(N)c1ncc(C)[nH]1. The molecular weight excluding hydrogens is 128 g/mol. The summed E-state index contributed by atoms with van der Waals surface area (Å²) in [7, 11) is 1.63. The highest BCUT2D eigenvalue weighted by Gasteiger charge is 1.98. The van der Waals surface area contributed by atoms with Crippen molar-refractivity contribution in [2.24, 2.45) is 10.7 Å². The molecule has 4 heteroatoms. The molecular formula is C6H10N4. The molecule has 0 amide bonds. The number of hydrogen-bond donors (Lipinski definition) is 2. The van der Waals surface area contributed by atoms with Crippen LogP contribution in [0, 0.1) is 6.92 Å². The third kappa shape index (κ3) is 1.15. The van der Waals surface area contributed by atoms with Gasteiger partial charge >= 0.3 is 0 Å². The van der Waals surface area contributed by atoms with Crippen LogP contribution in [0.1, 0.15) is 11.5 Å². The Bertz CT molecular complexity index is 248. The van der Waals surface area contributed by atoms with Crippen molar-refractivity contribution in [3.8, 4) is 0 Å². The van der Waals surface area contributed by atoms with Crippen LogP contribution in [0.4, 0.5) is 0 Å². The van der Waals surface area contributed by atoms with Crippen LogP contribution in [-0.4, -0.2) is 22.9 Å². The van der Waals surface area contributed by atoms with Gasteiger partial charge in [0.05, 0.1) is 0 Å². The number of amidine groups is 1. The number of H-pyrrole nitrogens is 1. The maximum atomic E-state index is 5.46. The molecule has 0 aliphatic carbocycles. The number of nitrogens with one attached hydrogen (secondary N) is 1.